The number of anilines is 1. The van der Waals surface area contributed by atoms with Crippen molar-refractivity contribution in [2.24, 2.45) is 0 Å². The fourth-order valence-corrected chi connectivity index (χ4v) is 5.29. The third kappa shape index (κ3) is 4.45. The molecule has 2 aromatic heterocycles. The number of rotatable bonds is 5. The molecule has 0 bridgehead atoms. The number of likely N-dealkylation sites (N-methyl/N-ethyl adjacent to an activating group) is 1. The van der Waals surface area contributed by atoms with Crippen LogP contribution in [0.25, 0.3) is 11.3 Å². The minimum Gasteiger partial charge on any atom is -0.398 e. The molecule has 0 radical (unpaired) electrons. The number of nitrogen functional groups attached to an aromatic ring is 1. The molecule has 5 rings (SSSR count). The molecular weight excluding hydrogens is 398 g/mol. The quantitative estimate of drug-likeness (QED) is 0.602. The van der Waals surface area contributed by atoms with E-state index in [9.17, 15) is 0 Å². The number of piperazine rings is 1. The molecule has 32 heavy (non-hydrogen) atoms. The van der Waals surface area contributed by atoms with Gasteiger partial charge in [-0.2, -0.15) is 10.2 Å². The predicted octanol–water partition coefficient (Wildman–Crippen LogP) is 3.49. The van der Waals surface area contributed by atoms with E-state index in [0.29, 0.717) is 6.04 Å². The first-order chi connectivity index (χ1) is 15.6. The Kier molecular flexibility index (Phi) is 6.02. The van der Waals surface area contributed by atoms with Gasteiger partial charge in [-0.15, -0.1) is 0 Å². The zero-order valence-electron chi connectivity index (χ0n) is 19.3. The van der Waals surface area contributed by atoms with Gasteiger partial charge in [0, 0.05) is 61.8 Å². The first-order valence-corrected chi connectivity index (χ1v) is 11.9. The fourth-order valence-electron chi connectivity index (χ4n) is 5.29. The standard InChI is InChI=1S/C25H35N7/c1-18-20(17-27-28-18)15-19-3-8-23(24(26)16-19)25-9-10-32(29-25)22-6-4-21(5-7-22)31-13-11-30(2)12-14-31/h3,8-10,16-17,21-22H,4-7,11-15,26H2,1-2H3,(H,27,28). The largest absolute Gasteiger partial charge is 0.398 e. The Morgan fingerprint density at radius 1 is 1.03 bits per heavy atom. The smallest absolute Gasteiger partial charge is 0.0943 e. The summed E-state index contributed by atoms with van der Waals surface area (Å²) in [7, 11) is 2.23. The Bertz CT molecular complexity index is 1040. The molecule has 1 aliphatic heterocycles. The van der Waals surface area contributed by atoms with E-state index in [2.05, 4.69) is 62.2 Å². The van der Waals surface area contributed by atoms with Gasteiger partial charge >= 0.3 is 0 Å². The van der Waals surface area contributed by atoms with Gasteiger partial charge < -0.3 is 10.6 Å². The van der Waals surface area contributed by atoms with Crippen LogP contribution >= 0.6 is 0 Å². The highest BCUT2D eigenvalue weighted by Gasteiger charge is 2.28. The van der Waals surface area contributed by atoms with Gasteiger partial charge in [-0.05, 0) is 62.9 Å². The Morgan fingerprint density at radius 3 is 2.47 bits per heavy atom. The average Bonchev–Trinajstić information content (AvgIpc) is 3.44. The number of hydrogen-bond donors (Lipinski definition) is 2. The molecule has 7 nitrogen and oxygen atoms in total. The van der Waals surface area contributed by atoms with Crippen LogP contribution in [0.1, 0.15) is 48.5 Å². The van der Waals surface area contributed by atoms with E-state index in [0.717, 1.165) is 35.1 Å². The summed E-state index contributed by atoms with van der Waals surface area (Å²) in [6.45, 7) is 6.88. The fraction of sp³-hybridized carbons (Fsp3) is 0.520. The van der Waals surface area contributed by atoms with Gasteiger partial charge in [0.05, 0.1) is 17.9 Å². The monoisotopic (exact) mass is 433 g/mol. The zero-order chi connectivity index (χ0) is 22.1. The highest BCUT2D eigenvalue weighted by Crippen LogP contribution is 2.33. The Hall–Kier alpha value is -2.64. The van der Waals surface area contributed by atoms with Crippen LogP contribution in [0, 0.1) is 6.92 Å². The number of benzene rings is 1. The molecule has 3 aromatic rings. The number of nitrogens with two attached hydrogens (primary N) is 1. The molecule has 0 spiro atoms. The van der Waals surface area contributed by atoms with Crippen molar-refractivity contribution < 1.29 is 0 Å². The molecule has 1 aromatic carbocycles. The Morgan fingerprint density at radius 2 is 1.78 bits per heavy atom. The molecule has 3 N–H and O–H groups in total. The van der Waals surface area contributed by atoms with Gasteiger partial charge in [0.2, 0.25) is 0 Å². The summed E-state index contributed by atoms with van der Waals surface area (Å²) in [5, 5.41) is 12.0. The second-order valence-corrected chi connectivity index (χ2v) is 9.60. The summed E-state index contributed by atoms with van der Waals surface area (Å²) in [5.74, 6) is 0. The molecular formula is C25H35N7. The highest BCUT2D eigenvalue weighted by atomic mass is 15.3. The minimum atomic E-state index is 0.497. The van der Waals surface area contributed by atoms with Crippen molar-refractivity contribution in [1.82, 2.24) is 29.8 Å². The number of nitrogens with one attached hydrogen (secondary N) is 1. The Labute approximate surface area is 190 Å². The average molecular weight is 434 g/mol. The van der Waals surface area contributed by atoms with E-state index >= 15 is 0 Å². The summed E-state index contributed by atoms with van der Waals surface area (Å²) >= 11 is 0. The molecule has 0 atom stereocenters. The summed E-state index contributed by atoms with van der Waals surface area (Å²) in [5.41, 5.74) is 12.7. The maximum atomic E-state index is 6.44. The van der Waals surface area contributed by atoms with Gasteiger partial charge in [0.15, 0.2) is 0 Å². The van der Waals surface area contributed by atoms with Crippen molar-refractivity contribution in [2.75, 3.05) is 39.0 Å². The van der Waals surface area contributed by atoms with Crippen molar-refractivity contribution in [3.63, 3.8) is 0 Å². The van der Waals surface area contributed by atoms with Gasteiger partial charge in [0.25, 0.3) is 0 Å². The van der Waals surface area contributed by atoms with Crippen LogP contribution in [0.3, 0.4) is 0 Å². The summed E-state index contributed by atoms with van der Waals surface area (Å²) in [6, 6.07) is 9.68. The van der Waals surface area contributed by atoms with Crippen molar-refractivity contribution in [2.45, 2.75) is 51.1 Å². The van der Waals surface area contributed by atoms with E-state index in [4.69, 9.17) is 10.8 Å². The molecule has 170 valence electrons. The van der Waals surface area contributed by atoms with Crippen molar-refractivity contribution in [1.29, 1.82) is 0 Å². The second-order valence-electron chi connectivity index (χ2n) is 9.60. The topological polar surface area (TPSA) is 79.0 Å². The van der Waals surface area contributed by atoms with Gasteiger partial charge in [0.1, 0.15) is 0 Å². The van der Waals surface area contributed by atoms with Crippen LogP contribution in [0.4, 0.5) is 5.69 Å². The summed E-state index contributed by atoms with van der Waals surface area (Å²) in [4.78, 5) is 5.14. The second kappa shape index (κ2) is 9.08. The molecule has 7 heteroatoms. The maximum Gasteiger partial charge on any atom is 0.0943 e. The maximum absolute atomic E-state index is 6.44. The molecule has 0 amide bonds. The lowest BCUT2D eigenvalue weighted by atomic mass is 9.90. The van der Waals surface area contributed by atoms with Gasteiger partial charge in [-0.25, -0.2) is 0 Å². The number of aromatic amines is 1. The minimum absolute atomic E-state index is 0.497. The van der Waals surface area contributed by atoms with Crippen LogP contribution in [0.2, 0.25) is 0 Å². The van der Waals surface area contributed by atoms with E-state index in [1.54, 1.807) is 0 Å². The first-order valence-electron chi connectivity index (χ1n) is 11.9. The number of hydrogen-bond acceptors (Lipinski definition) is 5. The van der Waals surface area contributed by atoms with Crippen LogP contribution in [-0.2, 0) is 6.42 Å². The molecule has 1 saturated carbocycles. The van der Waals surface area contributed by atoms with Gasteiger partial charge in [-0.3, -0.25) is 14.7 Å². The van der Waals surface area contributed by atoms with E-state index in [1.165, 1.54) is 63.0 Å². The molecule has 0 unspecified atom stereocenters. The Balaban J connectivity index is 1.22. The van der Waals surface area contributed by atoms with Crippen molar-refractivity contribution >= 4 is 5.69 Å². The lowest BCUT2D eigenvalue weighted by Crippen LogP contribution is -2.49. The van der Waals surface area contributed by atoms with E-state index < -0.39 is 0 Å². The van der Waals surface area contributed by atoms with Crippen LogP contribution in [0.15, 0.2) is 36.7 Å². The number of aromatic nitrogens is 4. The van der Waals surface area contributed by atoms with E-state index in [-0.39, 0.29) is 0 Å². The molecule has 1 aliphatic carbocycles. The first kappa shape index (κ1) is 21.2. The summed E-state index contributed by atoms with van der Waals surface area (Å²) < 4.78 is 2.18. The third-order valence-electron chi connectivity index (χ3n) is 7.42. The lowest BCUT2D eigenvalue weighted by molar-refractivity contribution is 0.0811. The zero-order valence-corrected chi connectivity index (χ0v) is 19.3. The van der Waals surface area contributed by atoms with Crippen molar-refractivity contribution in [3.8, 4) is 11.3 Å². The molecule has 1 saturated heterocycles. The predicted molar refractivity (Wildman–Crippen MR) is 129 cm³/mol. The van der Waals surface area contributed by atoms with E-state index in [1.807, 2.05) is 13.1 Å². The van der Waals surface area contributed by atoms with Crippen molar-refractivity contribution in [3.05, 3.63) is 53.5 Å². The molecule has 2 fully saturated rings. The van der Waals surface area contributed by atoms with Gasteiger partial charge in [-0.1, -0.05) is 12.1 Å². The lowest BCUT2D eigenvalue weighted by Gasteiger charge is -2.41. The molecule has 2 aliphatic rings. The summed E-state index contributed by atoms with van der Waals surface area (Å²) in [6.07, 6.45) is 9.81. The SMILES string of the molecule is Cc1[nH]ncc1Cc1ccc(-c2ccn(C3CCC(N4CCN(C)CC4)CC3)n2)c(N)c1. The normalized spacial score (nSPS) is 22.9. The molecule has 3 heterocycles. The number of nitrogens with zero attached hydrogens (tertiary/aromatic N) is 5. The number of H-pyrrole nitrogens is 1. The van der Waals surface area contributed by atoms with Crippen LogP contribution in [-0.4, -0.2) is 69.0 Å². The van der Waals surface area contributed by atoms with Crippen LogP contribution in [0.5, 0.6) is 0 Å². The number of aryl methyl sites for hydroxylation is 1. The highest BCUT2D eigenvalue weighted by molar-refractivity contribution is 5.74. The third-order valence-corrected chi connectivity index (χ3v) is 7.42. The van der Waals surface area contributed by atoms with Crippen LogP contribution < -0.4 is 5.73 Å².